The molecule has 136 valence electrons. The zero-order valence-electron chi connectivity index (χ0n) is 15.1. The van der Waals surface area contributed by atoms with Crippen LogP contribution in [-0.2, 0) is 0 Å². The number of aryl methyl sites for hydroxylation is 1. The van der Waals surface area contributed by atoms with Gasteiger partial charge in [-0.3, -0.25) is 0 Å². The quantitative estimate of drug-likeness (QED) is 0.779. The Kier molecular flexibility index (Phi) is 4.54. The van der Waals surface area contributed by atoms with Crippen molar-refractivity contribution < 1.29 is 4.52 Å². The summed E-state index contributed by atoms with van der Waals surface area (Å²) < 4.78 is 5.50. The molecule has 4 N–H and O–H groups in total. The van der Waals surface area contributed by atoms with Crippen LogP contribution in [0.3, 0.4) is 0 Å². The van der Waals surface area contributed by atoms with E-state index in [-0.39, 0.29) is 0 Å². The third-order valence-electron chi connectivity index (χ3n) is 5.95. The molecule has 3 aliphatic rings. The van der Waals surface area contributed by atoms with Crippen LogP contribution in [0.15, 0.2) is 22.5 Å². The number of hydrogen-bond acceptors (Lipinski definition) is 6. The largest absolute Gasteiger partial charge is 0.381 e. The molecule has 6 heteroatoms. The minimum Gasteiger partial charge on any atom is -0.381 e. The molecule has 0 aromatic carbocycles. The molecule has 0 spiro atoms. The molecule has 0 saturated heterocycles. The molecular weight excluding hydrogens is 314 g/mol. The van der Waals surface area contributed by atoms with Crippen LogP contribution < -0.4 is 16.4 Å². The lowest BCUT2D eigenvalue weighted by molar-refractivity contribution is 0.228. The smallest absolute Gasteiger partial charge is 0.257 e. The Morgan fingerprint density at radius 3 is 2.56 bits per heavy atom. The topological polar surface area (TPSA) is 89.0 Å². The molecule has 6 nitrogen and oxygen atoms in total. The number of nitrogens with zero attached hydrogens (tertiary/aromatic N) is 2. The highest BCUT2D eigenvalue weighted by atomic mass is 16.5. The van der Waals surface area contributed by atoms with E-state index >= 15 is 0 Å². The second-order valence-corrected chi connectivity index (χ2v) is 7.78. The van der Waals surface area contributed by atoms with Crippen molar-refractivity contribution in [2.75, 3.05) is 0 Å². The molecule has 1 aliphatic heterocycles. The van der Waals surface area contributed by atoms with E-state index in [9.17, 15) is 0 Å². The highest BCUT2D eigenvalue weighted by Crippen LogP contribution is 2.39. The van der Waals surface area contributed by atoms with Crippen LogP contribution in [0.4, 0.5) is 0 Å². The Balaban J connectivity index is 1.63. The first-order chi connectivity index (χ1) is 12.1. The summed E-state index contributed by atoms with van der Waals surface area (Å²) in [7, 11) is 0. The fourth-order valence-corrected chi connectivity index (χ4v) is 4.52. The van der Waals surface area contributed by atoms with Gasteiger partial charge < -0.3 is 20.9 Å². The Morgan fingerprint density at radius 1 is 1.16 bits per heavy atom. The Labute approximate surface area is 149 Å². The summed E-state index contributed by atoms with van der Waals surface area (Å²) >= 11 is 0. The summed E-state index contributed by atoms with van der Waals surface area (Å²) in [6.45, 7) is 1.84. The van der Waals surface area contributed by atoms with Crippen molar-refractivity contribution in [2.24, 2.45) is 11.7 Å². The molecule has 2 aliphatic carbocycles. The number of allylic oxidation sites excluding steroid dienone is 1. The van der Waals surface area contributed by atoms with Crippen LogP contribution >= 0.6 is 0 Å². The first-order valence-electron chi connectivity index (χ1n) is 9.71. The molecule has 2 saturated carbocycles. The summed E-state index contributed by atoms with van der Waals surface area (Å²) in [5, 5.41) is 11.1. The summed E-state index contributed by atoms with van der Waals surface area (Å²) in [4.78, 5) is 4.47. The van der Waals surface area contributed by atoms with Gasteiger partial charge in [0.15, 0.2) is 5.82 Å². The van der Waals surface area contributed by atoms with Gasteiger partial charge in [-0.1, -0.05) is 37.3 Å². The lowest BCUT2D eigenvalue weighted by Gasteiger charge is -2.42. The maximum atomic E-state index is 6.91. The summed E-state index contributed by atoms with van der Waals surface area (Å²) in [6.07, 6.45) is 15.3. The van der Waals surface area contributed by atoms with Crippen molar-refractivity contribution in [3.63, 3.8) is 0 Å². The molecular formula is C19H29N5O. The van der Waals surface area contributed by atoms with E-state index in [1.54, 1.807) is 0 Å². The van der Waals surface area contributed by atoms with Crippen molar-refractivity contribution in [3.05, 3.63) is 29.7 Å². The molecule has 1 aromatic heterocycles. The van der Waals surface area contributed by atoms with E-state index < -0.39 is 5.66 Å². The fourth-order valence-electron chi connectivity index (χ4n) is 4.52. The third kappa shape index (κ3) is 3.32. The molecule has 1 atom stereocenters. The Bertz CT molecular complexity index is 667. The minimum atomic E-state index is -0.639. The van der Waals surface area contributed by atoms with E-state index in [1.807, 2.05) is 13.1 Å². The average Bonchev–Trinajstić information content (AvgIpc) is 3.29. The van der Waals surface area contributed by atoms with Crippen LogP contribution in [0.2, 0.25) is 0 Å². The molecule has 0 bridgehead atoms. The summed E-state index contributed by atoms with van der Waals surface area (Å²) in [6, 6.07) is 0.551. The average molecular weight is 343 g/mol. The normalized spacial score (nSPS) is 28.4. The monoisotopic (exact) mass is 343 g/mol. The Morgan fingerprint density at radius 2 is 1.88 bits per heavy atom. The van der Waals surface area contributed by atoms with Gasteiger partial charge in [-0.05, 0) is 44.6 Å². The molecule has 4 rings (SSSR count). The maximum absolute atomic E-state index is 6.91. The second kappa shape index (κ2) is 6.83. The van der Waals surface area contributed by atoms with Gasteiger partial charge in [0.2, 0.25) is 0 Å². The summed E-state index contributed by atoms with van der Waals surface area (Å²) in [5.74, 6) is 1.56. The van der Waals surface area contributed by atoms with Crippen molar-refractivity contribution in [3.8, 4) is 0 Å². The molecule has 2 fully saturated rings. The first-order valence-corrected chi connectivity index (χ1v) is 9.71. The van der Waals surface area contributed by atoms with E-state index in [0.29, 0.717) is 23.7 Å². The maximum Gasteiger partial charge on any atom is 0.257 e. The SMILES string of the molecule is Cc1noc(C2=CC(NC3CCCC3)=CNC2(N)C2CCCCC2)n1. The molecule has 0 amide bonds. The van der Waals surface area contributed by atoms with Gasteiger partial charge in [0.05, 0.1) is 11.3 Å². The summed E-state index contributed by atoms with van der Waals surface area (Å²) in [5.41, 5.74) is 8.26. The number of dihydropyridines is 1. The lowest BCUT2D eigenvalue weighted by Crippen LogP contribution is -2.59. The molecule has 1 unspecified atom stereocenters. The van der Waals surface area contributed by atoms with Crippen molar-refractivity contribution in [2.45, 2.75) is 76.4 Å². The number of hydrogen-bond donors (Lipinski definition) is 3. The number of rotatable bonds is 4. The fraction of sp³-hybridized carbons (Fsp3) is 0.684. The lowest BCUT2D eigenvalue weighted by atomic mass is 9.75. The van der Waals surface area contributed by atoms with E-state index in [0.717, 1.165) is 24.1 Å². The molecule has 25 heavy (non-hydrogen) atoms. The van der Waals surface area contributed by atoms with E-state index in [4.69, 9.17) is 10.3 Å². The van der Waals surface area contributed by atoms with Crippen LogP contribution in [0.1, 0.15) is 69.5 Å². The van der Waals surface area contributed by atoms with Crippen LogP contribution in [-0.4, -0.2) is 21.8 Å². The molecule has 1 aromatic rings. The molecule has 2 heterocycles. The van der Waals surface area contributed by atoms with Crippen molar-refractivity contribution in [1.82, 2.24) is 20.8 Å². The van der Waals surface area contributed by atoms with E-state index in [1.165, 1.54) is 44.9 Å². The van der Waals surface area contributed by atoms with Gasteiger partial charge in [-0.2, -0.15) is 4.98 Å². The zero-order chi connectivity index (χ0) is 17.3. The van der Waals surface area contributed by atoms with Gasteiger partial charge in [-0.25, -0.2) is 0 Å². The Hall–Kier alpha value is -1.82. The van der Waals surface area contributed by atoms with Crippen LogP contribution in [0.5, 0.6) is 0 Å². The highest BCUT2D eigenvalue weighted by molar-refractivity contribution is 5.72. The van der Waals surface area contributed by atoms with Gasteiger partial charge in [0.25, 0.3) is 5.89 Å². The highest BCUT2D eigenvalue weighted by Gasteiger charge is 2.43. The van der Waals surface area contributed by atoms with Crippen LogP contribution in [0, 0.1) is 12.8 Å². The number of nitrogens with two attached hydrogens (primary N) is 1. The van der Waals surface area contributed by atoms with Crippen molar-refractivity contribution in [1.29, 1.82) is 0 Å². The van der Waals surface area contributed by atoms with Crippen molar-refractivity contribution >= 4 is 5.57 Å². The first kappa shape index (κ1) is 16.6. The third-order valence-corrected chi connectivity index (χ3v) is 5.95. The van der Waals surface area contributed by atoms with Gasteiger partial charge >= 0.3 is 0 Å². The van der Waals surface area contributed by atoms with Gasteiger partial charge in [0, 0.05) is 12.2 Å². The van der Waals surface area contributed by atoms with Crippen LogP contribution in [0.25, 0.3) is 5.57 Å². The standard InChI is InChI=1S/C19H29N5O/c1-13-22-18(25-24-13)17-11-16(23-15-9-5-6-10-15)12-21-19(17,20)14-7-3-2-4-8-14/h11-12,14-15,21,23H,2-10,20H2,1H3. The predicted octanol–water partition coefficient (Wildman–Crippen LogP) is 2.97. The predicted molar refractivity (Wildman–Crippen MR) is 97.1 cm³/mol. The zero-order valence-corrected chi connectivity index (χ0v) is 15.1. The second-order valence-electron chi connectivity index (χ2n) is 7.78. The van der Waals surface area contributed by atoms with Gasteiger partial charge in [0.1, 0.15) is 5.66 Å². The number of aromatic nitrogens is 2. The van der Waals surface area contributed by atoms with Gasteiger partial charge in [-0.15, -0.1) is 0 Å². The number of nitrogens with one attached hydrogen (secondary N) is 2. The van der Waals surface area contributed by atoms with E-state index in [2.05, 4.69) is 26.9 Å². The molecule has 0 radical (unpaired) electrons. The minimum absolute atomic E-state index is 0.379.